The molecule has 2 heterocycles. The minimum Gasteiger partial charge on any atom is -0.375 e. The van der Waals surface area contributed by atoms with Crippen molar-refractivity contribution in [3.8, 4) is 0 Å². The van der Waals surface area contributed by atoms with Crippen molar-refractivity contribution >= 4 is 35.9 Å². The Morgan fingerprint density at radius 2 is 1.85 bits per heavy atom. The van der Waals surface area contributed by atoms with Gasteiger partial charge in [0.1, 0.15) is 0 Å². The molecule has 2 aliphatic rings. The van der Waals surface area contributed by atoms with Crippen LogP contribution in [0.1, 0.15) is 34.1 Å². The number of aromatic nitrogens is 2. The summed E-state index contributed by atoms with van der Waals surface area (Å²) in [6, 6.07) is 2.06. The maximum Gasteiger partial charge on any atom is 0.225 e. The summed E-state index contributed by atoms with van der Waals surface area (Å²) >= 11 is 0. The smallest absolute Gasteiger partial charge is 0.225 e. The molecule has 1 saturated carbocycles. The zero-order valence-electron chi connectivity index (χ0n) is 16.1. The quantitative estimate of drug-likeness (QED) is 0.409. The Morgan fingerprint density at radius 3 is 2.38 bits per heavy atom. The molecule has 1 aliphatic heterocycles. The second kappa shape index (κ2) is 8.69. The molecule has 1 saturated heterocycles. The van der Waals surface area contributed by atoms with Gasteiger partial charge >= 0.3 is 0 Å². The highest BCUT2D eigenvalue weighted by Crippen LogP contribution is 2.45. The van der Waals surface area contributed by atoms with Gasteiger partial charge in [0, 0.05) is 44.0 Å². The highest BCUT2D eigenvalue weighted by atomic mass is 127. The van der Waals surface area contributed by atoms with Crippen molar-refractivity contribution in [1.82, 2.24) is 14.9 Å². The molecule has 1 aromatic heterocycles. The van der Waals surface area contributed by atoms with E-state index in [2.05, 4.69) is 47.5 Å². The first-order valence-corrected chi connectivity index (χ1v) is 9.13. The second-order valence-electron chi connectivity index (χ2n) is 7.76. The predicted octanol–water partition coefficient (Wildman–Crippen LogP) is 2.12. The van der Waals surface area contributed by atoms with Crippen LogP contribution in [0.3, 0.4) is 0 Å². The van der Waals surface area contributed by atoms with E-state index in [1.807, 2.05) is 6.07 Å². The van der Waals surface area contributed by atoms with Crippen molar-refractivity contribution in [2.45, 2.75) is 52.4 Å². The van der Waals surface area contributed by atoms with Gasteiger partial charge in [-0.3, -0.25) is 0 Å². The molecular weight excluding hydrogens is 443 g/mol. The first-order chi connectivity index (χ1) is 11.9. The summed E-state index contributed by atoms with van der Waals surface area (Å²) in [4.78, 5) is 17.8. The fraction of sp³-hybridized carbons (Fsp3) is 0.722. The molecule has 8 heteroatoms. The van der Waals surface area contributed by atoms with Crippen LogP contribution >= 0.6 is 24.0 Å². The first kappa shape index (κ1) is 21.1. The van der Waals surface area contributed by atoms with E-state index in [1.165, 1.54) is 0 Å². The number of halogens is 1. The van der Waals surface area contributed by atoms with Gasteiger partial charge in [0.05, 0.1) is 18.2 Å². The molecule has 26 heavy (non-hydrogen) atoms. The Hall–Kier alpha value is -1.16. The first-order valence-electron chi connectivity index (χ1n) is 9.13. The molecule has 1 aromatic rings. The van der Waals surface area contributed by atoms with Crippen LogP contribution < -0.4 is 10.6 Å². The molecule has 1 aliphatic carbocycles. The molecule has 0 aromatic carbocycles. The highest BCUT2D eigenvalue weighted by molar-refractivity contribution is 14.0. The van der Waals surface area contributed by atoms with Crippen LogP contribution in [0.15, 0.2) is 23.5 Å². The molecule has 2 unspecified atom stereocenters. The van der Waals surface area contributed by atoms with Gasteiger partial charge in [0.15, 0.2) is 5.96 Å². The van der Waals surface area contributed by atoms with Gasteiger partial charge < -0.3 is 20.3 Å². The van der Waals surface area contributed by atoms with Crippen LogP contribution in [0, 0.1) is 5.41 Å². The maximum atomic E-state index is 6.30. The normalized spacial score (nSPS) is 25.7. The lowest BCUT2D eigenvalue weighted by Crippen LogP contribution is -2.57. The highest BCUT2D eigenvalue weighted by Gasteiger charge is 2.49. The van der Waals surface area contributed by atoms with Gasteiger partial charge in [-0.15, -0.1) is 24.0 Å². The van der Waals surface area contributed by atoms with Crippen LogP contribution in [-0.4, -0.2) is 65.3 Å². The van der Waals surface area contributed by atoms with Crippen molar-refractivity contribution in [1.29, 1.82) is 0 Å². The summed E-state index contributed by atoms with van der Waals surface area (Å²) in [5.41, 5.74) is 6.33. The van der Waals surface area contributed by atoms with Gasteiger partial charge in [0.25, 0.3) is 0 Å². The number of guanidine groups is 1. The van der Waals surface area contributed by atoms with Crippen molar-refractivity contribution in [3.05, 3.63) is 18.5 Å². The van der Waals surface area contributed by atoms with Crippen molar-refractivity contribution < 1.29 is 4.74 Å². The zero-order valence-corrected chi connectivity index (χ0v) is 18.5. The molecule has 0 radical (unpaired) electrons. The third-order valence-electron chi connectivity index (χ3n) is 5.29. The SMILES string of the molecule is CC(C)OC1CC(N=C(N)N2CCN(c3ncccn3)CC2)C1(C)C.I. The second-order valence-corrected chi connectivity index (χ2v) is 7.76. The van der Waals surface area contributed by atoms with Crippen LogP contribution in [0.4, 0.5) is 5.95 Å². The lowest BCUT2D eigenvalue weighted by atomic mass is 9.64. The summed E-state index contributed by atoms with van der Waals surface area (Å²) in [5, 5.41) is 0. The number of piperazine rings is 1. The summed E-state index contributed by atoms with van der Waals surface area (Å²) in [7, 11) is 0. The molecule has 7 nitrogen and oxygen atoms in total. The molecule has 3 rings (SSSR count). The van der Waals surface area contributed by atoms with Crippen LogP contribution in [0.2, 0.25) is 0 Å². The predicted molar refractivity (Wildman–Crippen MR) is 115 cm³/mol. The standard InChI is InChI=1S/C18H30N6O.HI/c1-13(2)25-15-12-14(18(15,3)4)22-16(19)23-8-10-24(11-9-23)17-20-6-5-7-21-17;/h5-7,13-15H,8-12H2,1-4H3,(H2,19,22);1H. The average molecular weight is 474 g/mol. The molecule has 2 atom stereocenters. The summed E-state index contributed by atoms with van der Waals surface area (Å²) in [6.45, 7) is 12.0. The summed E-state index contributed by atoms with van der Waals surface area (Å²) in [6.07, 6.45) is 5.02. The molecule has 146 valence electrons. The van der Waals surface area contributed by atoms with Crippen LogP contribution in [0.25, 0.3) is 0 Å². The van der Waals surface area contributed by atoms with Gasteiger partial charge in [-0.25, -0.2) is 15.0 Å². The largest absolute Gasteiger partial charge is 0.375 e. The Bertz CT molecular complexity index is 601. The van der Waals surface area contributed by atoms with Gasteiger partial charge in [0.2, 0.25) is 5.95 Å². The molecular formula is C18H31IN6O. The fourth-order valence-corrected chi connectivity index (χ4v) is 3.47. The number of rotatable bonds is 4. The number of hydrogen-bond donors (Lipinski definition) is 1. The number of hydrogen-bond acceptors (Lipinski definition) is 5. The number of ether oxygens (including phenoxy) is 1. The van der Waals surface area contributed by atoms with E-state index < -0.39 is 0 Å². The molecule has 0 amide bonds. The van der Waals surface area contributed by atoms with E-state index in [1.54, 1.807) is 12.4 Å². The molecule has 2 N–H and O–H groups in total. The molecule has 0 spiro atoms. The number of anilines is 1. The number of nitrogens with two attached hydrogens (primary N) is 1. The lowest BCUT2D eigenvalue weighted by molar-refractivity contribution is -0.129. The van der Waals surface area contributed by atoms with Gasteiger partial charge in [-0.2, -0.15) is 0 Å². The van der Waals surface area contributed by atoms with E-state index in [-0.39, 0.29) is 47.6 Å². The van der Waals surface area contributed by atoms with E-state index in [0.717, 1.165) is 38.5 Å². The van der Waals surface area contributed by atoms with Crippen molar-refractivity contribution in [3.63, 3.8) is 0 Å². The lowest BCUT2D eigenvalue weighted by Gasteiger charge is -2.50. The third-order valence-corrected chi connectivity index (χ3v) is 5.29. The molecule has 0 bridgehead atoms. The van der Waals surface area contributed by atoms with Crippen molar-refractivity contribution in [2.24, 2.45) is 16.1 Å². The van der Waals surface area contributed by atoms with Gasteiger partial charge in [-0.05, 0) is 26.3 Å². The maximum absolute atomic E-state index is 6.30. The Balaban J connectivity index is 0.00000243. The third kappa shape index (κ3) is 4.57. The minimum absolute atomic E-state index is 0. The van der Waals surface area contributed by atoms with Crippen LogP contribution in [-0.2, 0) is 4.74 Å². The van der Waals surface area contributed by atoms with Gasteiger partial charge in [-0.1, -0.05) is 13.8 Å². The number of nitrogens with zero attached hydrogens (tertiary/aromatic N) is 5. The zero-order chi connectivity index (χ0) is 18.0. The van der Waals surface area contributed by atoms with E-state index in [9.17, 15) is 0 Å². The topological polar surface area (TPSA) is 79.9 Å². The summed E-state index contributed by atoms with van der Waals surface area (Å²) < 4.78 is 5.98. The monoisotopic (exact) mass is 474 g/mol. The average Bonchev–Trinajstić information content (AvgIpc) is 2.61. The molecule has 2 fully saturated rings. The minimum atomic E-state index is 0. The van der Waals surface area contributed by atoms with E-state index in [4.69, 9.17) is 15.5 Å². The summed E-state index contributed by atoms with van der Waals surface area (Å²) in [5.74, 6) is 1.43. The Labute approximate surface area is 173 Å². The van der Waals surface area contributed by atoms with Crippen LogP contribution in [0.5, 0.6) is 0 Å². The Kier molecular flexibility index (Phi) is 7.06. The van der Waals surface area contributed by atoms with E-state index >= 15 is 0 Å². The Morgan fingerprint density at radius 1 is 1.23 bits per heavy atom. The number of aliphatic imine (C=N–C) groups is 1. The van der Waals surface area contributed by atoms with Crippen molar-refractivity contribution in [2.75, 3.05) is 31.1 Å². The van der Waals surface area contributed by atoms with E-state index in [0.29, 0.717) is 5.96 Å². The fourth-order valence-electron chi connectivity index (χ4n) is 3.47.